The highest BCUT2D eigenvalue weighted by molar-refractivity contribution is 7.90. The van der Waals surface area contributed by atoms with E-state index in [-0.39, 0.29) is 46.2 Å². The lowest BCUT2D eigenvalue weighted by atomic mass is 9.59. The van der Waals surface area contributed by atoms with Gasteiger partial charge in [-0.15, -0.1) is 0 Å². The van der Waals surface area contributed by atoms with E-state index in [2.05, 4.69) is 63.2 Å². The molecule has 1 amide bonds. The number of nitro groups is 1. The van der Waals surface area contributed by atoms with Gasteiger partial charge in [-0.1, -0.05) is 50.2 Å². The van der Waals surface area contributed by atoms with Crippen molar-refractivity contribution in [2.45, 2.75) is 107 Å². The Morgan fingerprint density at radius 2 is 1.71 bits per heavy atom. The van der Waals surface area contributed by atoms with E-state index in [1.807, 2.05) is 9.62 Å². The summed E-state index contributed by atoms with van der Waals surface area (Å²) in [7, 11) is -4.75. The lowest BCUT2D eigenvalue weighted by Gasteiger charge is -2.58. The number of nitrogens with one attached hydrogen (secondary N) is 3. The Balaban J connectivity index is 0.849. The van der Waals surface area contributed by atoms with Gasteiger partial charge in [-0.2, -0.15) is 0 Å². The maximum absolute atomic E-state index is 16.6. The van der Waals surface area contributed by atoms with Crippen molar-refractivity contribution < 1.29 is 41.2 Å². The molecule has 6 aromatic rings. The number of hydrogen-bond donors (Lipinski definition) is 4. The molecule has 0 bridgehead atoms. The summed E-state index contributed by atoms with van der Waals surface area (Å²) in [5, 5.41) is 26.3. The van der Waals surface area contributed by atoms with Crippen molar-refractivity contribution >= 4 is 44.0 Å². The Bertz CT molecular complexity index is 3220. The number of nitrogens with zero attached hydrogens (tertiary/aromatic N) is 5. The lowest BCUT2D eigenvalue weighted by Crippen LogP contribution is -2.60. The van der Waals surface area contributed by atoms with Crippen molar-refractivity contribution in [3.63, 3.8) is 0 Å². The van der Waals surface area contributed by atoms with E-state index in [0.29, 0.717) is 74.7 Å². The molecule has 2 saturated carbocycles. The van der Waals surface area contributed by atoms with Crippen LogP contribution in [0.5, 0.6) is 11.5 Å². The summed E-state index contributed by atoms with van der Waals surface area (Å²) in [6, 6.07) is 22.3. The van der Waals surface area contributed by atoms with Gasteiger partial charge in [0.1, 0.15) is 28.7 Å². The summed E-state index contributed by atoms with van der Waals surface area (Å²) in [5.41, 5.74) is 2.07. The van der Waals surface area contributed by atoms with Crippen LogP contribution in [0.2, 0.25) is 0 Å². The zero-order valence-electron chi connectivity index (χ0n) is 42.3. The molecule has 2 aliphatic heterocycles. The fraction of sp³-hybridized carbons (Fsp3) is 0.429. The number of piperidine rings is 1. The molecule has 4 aromatic carbocycles. The molecule has 15 nitrogen and oxygen atoms in total. The normalized spacial score (nSPS) is 21.6. The van der Waals surface area contributed by atoms with Crippen LogP contribution in [0.1, 0.15) is 111 Å². The van der Waals surface area contributed by atoms with E-state index in [9.17, 15) is 37.2 Å². The number of carbonyl (C=O) groups is 1. The Morgan fingerprint density at radius 1 is 0.947 bits per heavy atom. The number of amides is 1. The number of sulfonamides is 1. The third-order valence-electron chi connectivity index (χ3n) is 16.2. The van der Waals surface area contributed by atoms with Gasteiger partial charge in [0.25, 0.3) is 21.6 Å². The lowest BCUT2D eigenvalue weighted by molar-refractivity contribution is -0.384. The highest BCUT2D eigenvalue weighted by Crippen LogP contribution is 2.54. The number of H-pyrrole nitrogens is 1. The van der Waals surface area contributed by atoms with E-state index >= 15 is 4.39 Å². The average Bonchev–Trinajstić information content (AvgIpc) is 3.86. The molecule has 19 heteroatoms. The van der Waals surface area contributed by atoms with Crippen molar-refractivity contribution in [2.75, 3.05) is 49.5 Å². The van der Waals surface area contributed by atoms with Crippen molar-refractivity contribution in [1.82, 2.24) is 24.5 Å². The molecule has 2 aliphatic carbocycles. The Morgan fingerprint density at radius 3 is 2.45 bits per heavy atom. The highest BCUT2D eigenvalue weighted by Gasteiger charge is 2.50. The molecular formula is C56H63F3N8O7S. The zero-order chi connectivity index (χ0) is 52.8. The van der Waals surface area contributed by atoms with Crippen LogP contribution < -0.4 is 19.7 Å². The molecule has 0 unspecified atom stereocenters. The third-order valence-corrected chi connectivity index (χ3v) is 17.6. The van der Waals surface area contributed by atoms with Crippen LogP contribution in [0.4, 0.5) is 30.2 Å². The van der Waals surface area contributed by atoms with Gasteiger partial charge in [0, 0.05) is 87.2 Å². The van der Waals surface area contributed by atoms with Gasteiger partial charge in [0.05, 0.1) is 32.9 Å². The molecule has 4 heterocycles. The van der Waals surface area contributed by atoms with Crippen LogP contribution in [0.15, 0.2) is 102 Å². The van der Waals surface area contributed by atoms with Gasteiger partial charge in [-0.05, 0) is 123 Å². The van der Waals surface area contributed by atoms with Crippen LogP contribution in [-0.4, -0.2) is 95.0 Å². The van der Waals surface area contributed by atoms with Gasteiger partial charge in [-0.3, -0.25) is 24.7 Å². The smallest absolute Gasteiger partial charge is 0.293 e. The Hall–Kier alpha value is -6.54. The second kappa shape index (κ2) is 20.9. The molecule has 396 valence electrons. The van der Waals surface area contributed by atoms with Crippen molar-refractivity contribution in [2.24, 2.45) is 11.3 Å². The molecule has 4 N–H and O–H groups in total. The highest BCUT2D eigenvalue weighted by atomic mass is 32.2. The van der Waals surface area contributed by atoms with Crippen LogP contribution in [-0.2, 0) is 16.6 Å². The summed E-state index contributed by atoms with van der Waals surface area (Å²) in [5.74, 6) is -3.10. The number of benzene rings is 4. The number of ether oxygens (including phenoxy) is 1. The molecule has 10 rings (SSSR count). The van der Waals surface area contributed by atoms with Crippen LogP contribution in [0.25, 0.3) is 11.0 Å². The predicted octanol–water partition coefficient (Wildman–Crippen LogP) is 10.6. The summed E-state index contributed by atoms with van der Waals surface area (Å²) >= 11 is 0. The van der Waals surface area contributed by atoms with Crippen LogP contribution >= 0.6 is 0 Å². The summed E-state index contributed by atoms with van der Waals surface area (Å²) < 4.78 is 81.6. The maximum atomic E-state index is 16.6. The molecule has 4 fully saturated rings. The summed E-state index contributed by atoms with van der Waals surface area (Å²) in [6.07, 6.45) is 9.24. The average molecular weight is 1050 g/mol. The quantitative estimate of drug-likeness (QED) is 0.0564. The molecule has 2 saturated heterocycles. The van der Waals surface area contributed by atoms with E-state index < -0.39 is 60.1 Å². The Labute approximate surface area is 434 Å². The zero-order valence-corrected chi connectivity index (χ0v) is 43.1. The van der Waals surface area contributed by atoms with Gasteiger partial charge >= 0.3 is 0 Å². The monoisotopic (exact) mass is 1050 g/mol. The van der Waals surface area contributed by atoms with Gasteiger partial charge in [0.2, 0.25) is 0 Å². The minimum Gasteiger partial charge on any atom is -0.455 e. The number of halogens is 3. The number of carbonyl (C=O) groups excluding carboxylic acids is 1. The number of anilines is 2. The van der Waals surface area contributed by atoms with E-state index in [1.54, 1.807) is 37.4 Å². The van der Waals surface area contributed by atoms with Crippen LogP contribution in [0, 0.1) is 38.9 Å². The molecule has 1 spiro atoms. The first-order valence-corrected chi connectivity index (χ1v) is 27.3. The minimum atomic E-state index is -4.75. The van der Waals surface area contributed by atoms with Gasteiger partial charge in [-0.25, -0.2) is 31.3 Å². The first-order chi connectivity index (χ1) is 35.8. The number of hydrogen-bond acceptors (Lipinski definition) is 12. The largest absolute Gasteiger partial charge is 0.455 e. The summed E-state index contributed by atoms with van der Waals surface area (Å²) in [4.78, 5) is 39.2. The standard InChI is InChI=1S/C56H63F3N8O7S/c1-35(2)42-8-4-5-9-43(42)50-34-64(33-38-7-6-10-45(57)52(38)59)23-24-66(50)39-29-56(30-39)18-21-65(22-19-56)48-28-51(74-40-25-37-15-20-60-53(37)62-32-40)44(27-46(48)58)54(68)63-75(72,73)41-11-12-47(49(26-41)67(70)71)61-31-36-13-16-55(3,69)17-14-36/h4-12,15,20,25-28,32,35-36,39,50,61,69H,13-14,16-19,21-24,29-31,33-34H2,1-3H3,(H,60,62)(H,63,68)/t36?,50-,55?/m0/s1. The van der Waals surface area contributed by atoms with Crippen molar-refractivity contribution in [3.8, 4) is 11.5 Å². The number of aromatic nitrogens is 2. The topological polar surface area (TPSA) is 186 Å². The summed E-state index contributed by atoms with van der Waals surface area (Å²) in [6.45, 7) is 10.0. The first-order valence-electron chi connectivity index (χ1n) is 25.9. The number of aromatic amines is 1. The van der Waals surface area contributed by atoms with Crippen molar-refractivity contribution in [3.05, 3.63) is 147 Å². The SMILES string of the molecule is CC(C)c1ccccc1[C@@H]1CN(Cc2cccc(F)c2F)CCN1C1CC2(CCN(c3cc(Oc4cnc5[nH]ccc5c4)c(C(=O)NS(=O)(=O)c4ccc(NCC5CCC(C)(O)CC5)c([N+](=O)[O-])c4)cc3F)CC2)C1. The van der Waals surface area contributed by atoms with E-state index in [0.717, 1.165) is 69.3 Å². The number of pyridine rings is 1. The maximum Gasteiger partial charge on any atom is 0.293 e. The number of nitro benzene ring substituents is 1. The number of piperazine rings is 1. The minimum absolute atomic E-state index is 0.0224. The Kier molecular flexibility index (Phi) is 14.5. The molecule has 4 aliphatic rings. The number of fused-ring (bicyclic) bond motifs is 1. The van der Waals surface area contributed by atoms with Gasteiger partial charge in [0.15, 0.2) is 11.6 Å². The van der Waals surface area contributed by atoms with E-state index in [1.165, 1.54) is 29.5 Å². The fourth-order valence-corrected chi connectivity index (χ4v) is 12.9. The van der Waals surface area contributed by atoms with Crippen molar-refractivity contribution in [1.29, 1.82) is 0 Å². The first kappa shape index (κ1) is 51.9. The molecule has 2 aromatic heterocycles. The van der Waals surface area contributed by atoms with Gasteiger partial charge < -0.3 is 25.0 Å². The second-order valence-electron chi connectivity index (χ2n) is 21.7. The molecule has 75 heavy (non-hydrogen) atoms. The number of aliphatic hydroxyl groups is 1. The second-order valence-corrected chi connectivity index (χ2v) is 23.4. The fourth-order valence-electron chi connectivity index (χ4n) is 11.9. The number of rotatable bonds is 15. The molecular weight excluding hydrogens is 986 g/mol. The molecule has 0 radical (unpaired) electrons. The predicted molar refractivity (Wildman–Crippen MR) is 280 cm³/mol. The van der Waals surface area contributed by atoms with E-state index in [4.69, 9.17) is 4.74 Å². The molecule has 1 atom stereocenters. The van der Waals surface area contributed by atoms with Crippen LogP contribution in [0.3, 0.4) is 0 Å². The third kappa shape index (κ3) is 11.1.